The van der Waals surface area contributed by atoms with Crippen LogP contribution < -0.4 is 4.90 Å². The number of hydrogen-bond acceptors (Lipinski definition) is 5. The molecule has 2 aliphatic heterocycles. The molecular formula is C19H13FN2O4. The van der Waals surface area contributed by atoms with Gasteiger partial charge in [0.25, 0.3) is 5.91 Å². The Balaban J connectivity index is 1.65. The van der Waals surface area contributed by atoms with E-state index in [1.807, 2.05) is 6.92 Å². The van der Waals surface area contributed by atoms with E-state index in [1.54, 1.807) is 24.3 Å². The number of rotatable bonds is 3. The molecule has 1 fully saturated rings. The maximum absolute atomic E-state index is 13.1. The van der Waals surface area contributed by atoms with E-state index in [9.17, 15) is 18.8 Å². The van der Waals surface area contributed by atoms with Crippen molar-refractivity contribution in [2.24, 2.45) is 11.1 Å². The molecule has 2 aliphatic rings. The number of aryl methyl sites for hydroxylation is 1. The van der Waals surface area contributed by atoms with Crippen molar-refractivity contribution >= 4 is 29.0 Å². The molecule has 2 amide bonds. The quantitative estimate of drug-likeness (QED) is 0.627. The predicted octanol–water partition coefficient (Wildman–Crippen LogP) is 2.26. The van der Waals surface area contributed by atoms with Gasteiger partial charge in [0.2, 0.25) is 17.8 Å². The Hall–Kier alpha value is -3.35. The Labute approximate surface area is 147 Å². The van der Waals surface area contributed by atoms with Crippen LogP contribution in [0.3, 0.4) is 0 Å². The first-order chi connectivity index (χ1) is 12.5. The predicted molar refractivity (Wildman–Crippen MR) is 90.2 cm³/mol. The van der Waals surface area contributed by atoms with E-state index in [0.29, 0.717) is 5.56 Å². The Kier molecular flexibility index (Phi) is 3.64. The standard InChI is InChI=1S/C19H13FN2O4/c1-10-2-4-11(5-3-10)16(23)15-14-17(26-21-15)19(25)22(18(14)24)13-8-6-12(20)7-9-13/h2-9,14,17H,1H3. The zero-order chi connectivity index (χ0) is 18.4. The van der Waals surface area contributed by atoms with E-state index in [4.69, 9.17) is 4.84 Å². The molecule has 1 saturated heterocycles. The normalized spacial score (nSPS) is 21.5. The van der Waals surface area contributed by atoms with Crippen molar-refractivity contribution in [3.63, 3.8) is 0 Å². The van der Waals surface area contributed by atoms with Crippen LogP contribution in [-0.2, 0) is 14.4 Å². The van der Waals surface area contributed by atoms with Crippen molar-refractivity contribution in [2.45, 2.75) is 13.0 Å². The maximum Gasteiger partial charge on any atom is 0.278 e. The SMILES string of the molecule is Cc1ccc(C(=O)C2=NOC3C(=O)N(c4ccc(F)cc4)C(=O)C23)cc1. The minimum absolute atomic E-state index is 0.0955. The topological polar surface area (TPSA) is 76.0 Å². The van der Waals surface area contributed by atoms with Crippen molar-refractivity contribution in [3.8, 4) is 0 Å². The first-order valence-electron chi connectivity index (χ1n) is 7.96. The average molecular weight is 352 g/mol. The number of amides is 2. The summed E-state index contributed by atoms with van der Waals surface area (Å²) in [6, 6.07) is 11.8. The van der Waals surface area contributed by atoms with Gasteiger partial charge in [0.15, 0.2) is 0 Å². The lowest BCUT2D eigenvalue weighted by molar-refractivity contribution is -0.126. The first kappa shape index (κ1) is 16.1. The molecule has 2 aromatic rings. The molecule has 2 heterocycles. The maximum atomic E-state index is 13.1. The van der Waals surface area contributed by atoms with Gasteiger partial charge in [-0.1, -0.05) is 35.0 Å². The number of benzene rings is 2. The van der Waals surface area contributed by atoms with Gasteiger partial charge in [-0.3, -0.25) is 14.4 Å². The Morgan fingerprint density at radius 3 is 2.35 bits per heavy atom. The van der Waals surface area contributed by atoms with E-state index in [1.165, 1.54) is 12.1 Å². The van der Waals surface area contributed by atoms with Crippen LogP contribution in [0.15, 0.2) is 53.7 Å². The zero-order valence-electron chi connectivity index (χ0n) is 13.7. The fourth-order valence-electron chi connectivity index (χ4n) is 3.06. The van der Waals surface area contributed by atoms with Crippen molar-refractivity contribution < 1.29 is 23.6 Å². The monoisotopic (exact) mass is 352 g/mol. The number of anilines is 1. The van der Waals surface area contributed by atoms with Crippen molar-refractivity contribution in [3.05, 3.63) is 65.5 Å². The molecule has 7 heteroatoms. The van der Waals surface area contributed by atoms with E-state index < -0.39 is 35.4 Å². The molecule has 0 N–H and O–H groups in total. The highest BCUT2D eigenvalue weighted by molar-refractivity contribution is 6.52. The third-order valence-electron chi connectivity index (χ3n) is 4.44. The second-order valence-corrected chi connectivity index (χ2v) is 6.16. The van der Waals surface area contributed by atoms with Gasteiger partial charge in [-0.2, -0.15) is 0 Å². The van der Waals surface area contributed by atoms with Gasteiger partial charge in [-0.15, -0.1) is 0 Å². The molecule has 130 valence electrons. The largest absolute Gasteiger partial charge is 0.381 e. The molecule has 0 aromatic heterocycles. The van der Waals surface area contributed by atoms with E-state index >= 15 is 0 Å². The molecule has 4 rings (SSSR count). The van der Waals surface area contributed by atoms with Gasteiger partial charge in [0, 0.05) is 5.56 Å². The Morgan fingerprint density at radius 2 is 1.69 bits per heavy atom. The molecule has 2 aromatic carbocycles. The second kappa shape index (κ2) is 5.87. The van der Waals surface area contributed by atoms with Crippen LogP contribution in [0.4, 0.5) is 10.1 Å². The third kappa shape index (κ3) is 2.40. The summed E-state index contributed by atoms with van der Waals surface area (Å²) in [6.45, 7) is 1.89. The molecule has 0 saturated carbocycles. The molecule has 0 bridgehead atoms. The van der Waals surface area contributed by atoms with E-state index in [0.717, 1.165) is 22.6 Å². The highest BCUT2D eigenvalue weighted by Gasteiger charge is 2.57. The molecule has 26 heavy (non-hydrogen) atoms. The van der Waals surface area contributed by atoms with Crippen LogP contribution in [0.1, 0.15) is 15.9 Å². The number of Topliss-reactive ketones (excluding diaryl/α,β-unsaturated/α-hetero) is 1. The van der Waals surface area contributed by atoms with Crippen LogP contribution in [0, 0.1) is 18.7 Å². The van der Waals surface area contributed by atoms with Crippen LogP contribution in [0.25, 0.3) is 0 Å². The number of ketones is 1. The number of nitrogens with zero attached hydrogens (tertiary/aromatic N) is 2. The summed E-state index contributed by atoms with van der Waals surface area (Å²) in [6.07, 6.45) is -1.17. The van der Waals surface area contributed by atoms with Crippen LogP contribution in [0.5, 0.6) is 0 Å². The Bertz CT molecular complexity index is 951. The number of fused-ring (bicyclic) bond motifs is 1. The van der Waals surface area contributed by atoms with Crippen LogP contribution >= 0.6 is 0 Å². The summed E-state index contributed by atoms with van der Waals surface area (Å²) in [5.41, 5.74) is 1.47. The molecule has 2 atom stereocenters. The fourth-order valence-corrected chi connectivity index (χ4v) is 3.06. The van der Waals surface area contributed by atoms with Gasteiger partial charge in [-0.25, -0.2) is 9.29 Å². The number of imide groups is 1. The molecule has 0 radical (unpaired) electrons. The van der Waals surface area contributed by atoms with E-state index in [-0.39, 0.29) is 11.4 Å². The lowest BCUT2D eigenvalue weighted by atomic mass is 9.93. The van der Waals surface area contributed by atoms with Crippen molar-refractivity contribution in [1.29, 1.82) is 0 Å². The van der Waals surface area contributed by atoms with Gasteiger partial charge in [-0.05, 0) is 31.2 Å². The lowest BCUT2D eigenvalue weighted by Crippen LogP contribution is -2.34. The smallest absolute Gasteiger partial charge is 0.278 e. The van der Waals surface area contributed by atoms with Crippen LogP contribution in [0.2, 0.25) is 0 Å². The molecule has 0 aliphatic carbocycles. The summed E-state index contributed by atoms with van der Waals surface area (Å²) in [7, 11) is 0. The number of carbonyl (C=O) groups excluding carboxylic acids is 3. The minimum atomic E-state index is -1.17. The lowest BCUT2D eigenvalue weighted by Gasteiger charge is -2.15. The number of carbonyl (C=O) groups is 3. The first-order valence-corrected chi connectivity index (χ1v) is 7.96. The number of halogens is 1. The number of oxime groups is 1. The zero-order valence-corrected chi connectivity index (χ0v) is 13.7. The van der Waals surface area contributed by atoms with Crippen molar-refractivity contribution in [1.82, 2.24) is 0 Å². The van der Waals surface area contributed by atoms with Gasteiger partial charge < -0.3 is 4.84 Å². The Morgan fingerprint density at radius 1 is 1.04 bits per heavy atom. The van der Waals surface area contributed by atoms with Gasteiger partial charge in [0.05, 0.1) is 5.69 Å². The molecule has 2 unspecified atom stereocenters. The third-order valence-corrected chi connectivity index (χ3v) is 4.44. The second-order valence-electron chi connectivity index (χ2n) is 6.16. The summed E-state index contributed by atoms with van der Waals surface area (Å²) in [4.78, 5) is 44.0. The van der Waals surface area contributed by atoms with Gasteiger partial charge in [0.1, 0.15) is 17.4 Å². The fraction of sp³-hybridized carbons (Fsp3) is 0.158. The molecular weight excluding hydrogens is 339 g/mol. The van der Waals surface area contributed by atoms with Crippen molar-refractivity contribution in [2.75, 3.05) is 4.90 Å². The summed E-state index contributed by atoms with van der Waals surface area (Å²) in [5.74, 6) is -3.27. The summed E-state index contributed by atoms with van der Waals surface area (Å²) < 4.78 is 13.1. The number of hydrogen-bond donors (Lipinski definition) is 0. The summed E-state index contributed by atoms with van der Waals surface area (Å²) in [5, 5.41) is 3.70. The van der Waals surface area contributed by atoms with Gasteiger partial charge >= 0.3 is 0 Å². The molecule has 6 nitrogen and oxygen atoms in total. The summed E-state index contributed by atoms with van der Waals surface area (Å²) >= 11 is 0. The molecule has 0 spiro atoms. The minimum Gasteiger partial charge on any atom is -0.381 e. The van der Waals surface area contributed by atoms with E-state index in [2.05, 4.69) is 5.16 Å². The highest BCUT2D eigenvalue weighted by Crippen LogP contribution is 2.34. The average Bonchev–Trinajstić information content (AvgIpc) is 3.17. The van der Waals surface area contributed by atoms with Crippen LogP contribution in [-0.4, -0.2) is 29.4 Å². The highest BCUT2D eigenvalue weighted by atomic mass is 19.1.